The molecule has 2 heterocycles. The number of aromatic nitrogens is 2. The Balaban J connectivity index is 1.75. The lowest BCUT2D eigenvalue weighted by Gasteiger charge is -2.41. The molecular weight excluding hydrogens is 338 g/mol. The molecule has 0 radical (unpaired) electrons. The quantitative estimate of drug-likeness (QED) is 0.817. The molecule has 4 rings (SSSR count). The van der Waals surface area contributed by atoms with Gasteiger partial charge in [0.2, 0.25) is 0 Å². The van der Waals surface area contributed by atoms with E-state index in [0.29, 0.717) is 13.2 Å². The molecule has 5 nitrogen and oxygen atoms in total. The van der Waals surface area contributed by atoms with Crippen LogP contribution >= 0.6 is 11.6 Å². The number of nitrogens with zero attached hydrogens (tertiary/aromatic N) is 3. The summed E-state index contributed by atoms with van der Waals surface area (Å²) in [6.45, 7) is 3.69. The van der Waals surface area contributed by atoms with Gasteiger partial charge in [-0.3, -0.25) is 4.90 Å². The minimum atomic E-state index is -0.296. The highest BCUT2D eigenvalue weighted by molar-refractivity contribution is 6.31. The Morgan fingerprint density at radius 2 is 2.08 bits per heavy atom. The highest BCUT2D eigenvalue weighted by Crippen LogP contribution is 2.51. The van der Waals surface area contributed by atoms with Crippen LogP contribution in [0.25, 0.3) is 0 Å². The Morgan fingerprint density at radius 1 is 1.28 bits per heavy atom. The average molecular weight is 360 g/mol. The maximum atomic E-state index is 12.3. The third-order valence-electron chi connectivity index (χ3n) is 5.36. The van der Waals surface area contributed by atoms with Crippen LogP contribution in [-0.4, -0.2) is 29.0 Å². The van der Waals surface area contributed by atoms with Crippen molar-refractivity contribution in [3.05, 3.63) is 46.6 Å². The van der Waals surface area contributed by atoms with E-state index in [1.54, 1.807) is 4.90 Å². The monoisotopic (exact) mass is 359 g/mol. The van der Waals surface area contributed by atoms with E-state index in [1.807, 2.05) is 29.8 Å². The average Bonchev–Trinajstić information content (AvgIpc) is 2.99. The smallest absolute Gasteiger partial charge is 0.415 e. The van der Waals surface area contributed by atoms with Crippen LogP contribution in [0.2, 0.25) is 5.02 Å². The third-order valence-corrected chi connectivity index (χ3v) is 5.69. The number of carbonyl (C=O) groups excluding carboxylic acids is 1. The van der Waals surface area contributed by atoms with E-state index in [-0.39, 0.29) is 11.5 Å². The highest BCUT2D eigenvalue weighted by Gasteiger charge is 2.44. The van der Waals surface area contributed by atoms with Crippen molar-refractivity contribution in [2.24, 2.45) is 0 Å². The molecule has 25 heavy (non-hydrogen) atoms. The van der Waals surface area contributed by atoms with Crippen LogP contribution < -0.4 is 4.90 Å². The van der Waals surface area contributed by atoms with Crippen molar-refractivity contribution in [2.75, 3.05) is 18.1 Å². The molecule has 0 bridgehead atoms. The van der Waals surface area contributed by atoms with E-state index in [4.69, 9.17) is 21.4 Å². The van der Waals surface area contributed by atoms with Crippen molar-refractivity contribution in [3.63, 3.8) is 0 Å². The van der Waals surface area contributed by atoms with E-state index in [9.17, 15) is 4.79 Å². The van der Waals surface area contributed by atoms with E-state index in [1.165, 1.54) is 0 Å². The molecule has 1 fully saturated rings. The SMILES string of the molecule is CCOC(=O)N1CCCn2nc(C3(c4ccccc4Cl)CCC3)cc21. The molecule has 0 atom stereocenters. The number of aryl methyl sites for hydroxylation is 1. The van der Waals surface area contributed by atoms with Gasteiger partial charge >= 0.3 is 6.09 Å². The number of rotatable bonds is 3. The number of amides is 1. The molecule has 0 N–H and O–H groups in total. The summed E-state index contributed by atoms with van der Waals surface area (Å²) in [5.41, 5.74) is 2.02. The zero-order chi connectivity index (χ0) is 17.4. The first kappa shape index (κ1) is 16.5. The maximum Gasteiger partial charge on any atom is 0.415 e. The van der Waals surface area contributed by atoms with Crippen molar-refractivity contribution >= 4 is 23.5 Å². The van der Waals surface area contributed by atoms with E-state index >= 15 is 0 Å². The second-order valence-corrected chi connectivity index (χ2v) is 7.14. The highest BCUT2D eigenvalue weighted by atomic mass is 35.5. The first-order chi connectivity index (χ1) is 12.2. The number of hydrogen-bond acceptors (Lipinski definition) is 3. The van der Waals surface area contributed by atoms with Crippen molar-refractivity contribution in [1.82, 2.24) is 9.78 Å². The Hall–Kier alpha value is -2.01. The van der Waals surface area contributed by atoms with Gasteiger partial charge in [-0.25, -0.2) is 9.48 Å². The van der Waals surface area contributed by atoms with Gasteiger partial charge in [0.25, 0.3) is 0 Å². The Morgan fingerprint density at radius 3 is 2.76 bits per heavy atom. The first-order valence-electron chi connectivity index (χ1n) is 8.93. The van der Waals surface area contributed by atoms with Gasteiger partial charge in [-0.1, -0.05) is 36.2 Å². The first-order valence-corrected chi connectivity index (χ1v) is 9.31. The Kier molecular flexibility index (Phi) is 4.20. The molecule has 0 unspecified atom stereocenters. The fourth-order valence-corrected chi connectivity index (χ4v) is 4.26. The van der Waals surface area contributed by atoms with E-state index < -0.39 is 0 Å². The number of halogens is 1. The zero-order valence-corrected chi connectivity index (χ0v) is 15.1. The lowest BCUT2D eigenvalue weighted by atomic mass is 9.62. The van der Waals surface area contributed by atoms with Crippen LogP contribution in [0, 0.1) is 0 Å². The lowest BCUT2D eigenvalue weighted by molar-refractivity contribution is 0.158. The summed E-state index contributed by atoms with van der Waals surface area (Å²) >= 11 is 6.50. The summed E-state index contributed by atoms with van der Waals surface area (Å²) in [4.78, 5) is 14.0. The lowest BCUT2D eigenvalue weighted by Crippen LogP contribution is -2.37. The standard InChI is InChI=1S/C19H22ClN3O2/c1-2-25-18(24)22-11-6-12-23-17(22)13-16(21-23)19(9-5-10-19)14-7-3-4-8-15(14)20/h3-4,7-8,13H,2,5-6,9-12H2,1H3. The molecule has 132 valence electrons. The molecule has 1 aromatic heterocycles. The number of ether oxygens (including phenoxy) is 1. The van der Waals surface area contributed by atoms with Crippen molar-refractivity contribution in [1.29, 1.82) is 0 Å². The molecule has 2 aromatic rings. The predicted octanol–water partition coefficient (Wildman–Crippen LogP) is 4.37. The van der Waals surface area contributed by atoms with Gasteiger partial charge < -0.3 is 4.74 Å². The normalized spacial score (nSPS) is 18.4. The van der Waals surface area contributed by atoms with Crippen molar-refractivity contribution in [2.45, 2.75) is 44.6 Å². The minimum Gasteiger partial charge on any atom is -0.449 e. The predicted molar refractivity (Wildman–Crippen MR) is 97.3 cm³/mol. The van der Waals surface area contributed by atoms with Crippen LogP contribution in [0.4, 0.5) is 10.6 Å². The number of anilines is 1. The molecule has 1 aromatic carbocycles. The number of hydrogen-bond donors (Lipinski definition) is 0. The van der Waals surface area contributed by atoms with Gasteiger partial charge in [0.1, 0.15) is 5.82 Å². The molecule has 0 saturated heterocycles. The summed E-state index contributed by atoms with van der Waals surface area (Å²) in [7, 11) is 0. The van der Waals surface area contributed by atoms with E-state index in [0.717, 1.165) is 54.3 Å². The largest absolute Gasteiger partial charge is 0.449 e. The van der Waals surface area contributed by atoms with Crippen LogP contribution in [0.3, 0.4) is 0 Å². The molecule has 1 aliphatic heterocycles. The Labute approximate surface area is 152 Å². The second-order valence-electron chi connectivity index (χ2n) is 6.73. The summed E-state index contributed by atoms with van der Waals surface area (Å²) in [6.07, 6.45) is 3.82. The van der Waals surface area contributed by atoms with Crippen molar-refractivity contribution in [3.8, 4) is 0 Å². The third kappa shape index (κ3) is 2.61. The molecule has 2 aliphatic rings. The summed E-state index contributed by atoms with van der Waals surface area (Å²) in [6, 6.07) is 10.1. The van der Waals surface area contributed by atoms with Gasteiger partial charge in [-0.15, -0.1) is 0 Å². The maximum absolute atomic E-state index is 12.3. The number of carbonyl (C=O) groups is 1. The van der Waals surface area contributed by atoms with E-state index in [2.05, 4.69) is 12.1 Å². The van der Waals surface area contributed by atoms with Crippen molar-refractivity contribution < 1.29 is 9.53 Å². The molecule has 1 saturated carbocycles. The van der Waals surface area contributed by atoms with Crippen LogP contribution in [-0.2, 0) is 16.7 Å². The minimum absolute atomic E-state index is 0.136. The molecule has 0 spiro atoms. The summed E-state index contributed by atoms with van der Waals surface area (Å²) < 4.78 is 7.14. The summed E-state index contributed by atoms with van der Waals surface area (Å²) in [5, 5.41) is 5.65. The molecule has 1 amide bonds. The van der Waals surface area contributed by atoms with Gasteiger partial charge in [0.05, 0.1) is 12.3 Å². The van der Waals surface area contributed by atoms with Gasteiger partial charge in [-0.05, 0) is 37.8 Å². The second kappa shape index (κ2) is 6.37. The summed E-state index contributed by atoms with van der Waals surface area (Å²) in [5.74, 6) is 0.832. The fraction of sp³-hybridized carbons (Fsp3) is 0.474. The van der Waals surface area contributed by atoms with Crippen LogP contribution in [0.1, 0.15) is 43.9 Å². The zero-order valence-electron chi connectivity index (χ0n) is 14.4. The topological polar surface area (TPSA) is 47.4 Å². The van der Waals surface area contributed by atoms with Gasteiger partial charge in [0, 0.05) is 29.6 Å². The van der Waals surface area contributed by atoms with Crippen LogP contribution in [0.15, 0.2) is 30.3 Å². The van der Waals surface area contributed by atoms with Crippen LogP contribution in [0.5, 0.6) is 0 Å². The van der Waals surface area contributed by atoms with Gasteiger partial charge in [-0.2, -0.15) is 5.10 Å². The molecule has 6 heteroatoms. The molecular formula is C19H22ClN3O2. The van der Waals surface area contributed by atoms with Gasteiger partial charge in [0.15, 0.2) is 0 Å². The Bertz CT molecular complexity index is 798. The fourth-order valence-electron chi connectivity index (χ4n) is 3.95. The number of benzene rings is 1. The molecule has 1 aliphatic carbocycles. The number of fused-ring (bicyclic) bond motifs is 1.